The van der Waals surface area contributed by atoms with Gasteiger partial charge in [0.1, 0.15) is 0 Å². The summed E-state index contributed by atoms with van der Waals surface area (Å²) >= 11 is 0. The van der Waals surface area contributed by atoms with Crippen molar-refractivity contribution in [3.63, 3.8) is 0 Å². The van der Waals surface area contributed by atoms with Crippen LogP contribution in [-0.2, 0) is 17.9 Å². The molecule has 0 aliphatic heterocycles. The molecule has 0 aliphatic rings. The zero-order valence-electron chi connectivity index (χ0n) is 10.1. The van der Waals surface area contributed by atoms with Crippen LogP contribution in [0.2, 0.25) is 0 Å². The monoisotopic (exact) mass is 230 g/mol. The molecule has 0 bridgehead atoms. The third kappa shape index (κ3) is 3.36. The molecule has 0 unspecified atom stereocenters. The van der Waals surface area contributed by atoms with Gasteiger partial charge in [0, 0.05) is 36.8 Å². The Hall–Kier alpha value is -1.74. The maximum atomic E-state index is 5.45. The third-order valence-electron chi connectivity index (χ3n) is 2.62. The van der Waals surface area contributed by atoms with Crippen molar-refractivity contribution in [2.24, 2.45) is 0 Å². The number of aromatic amines is 1. The molecule has 2 N–H and O–H groups in total. The van der Waals surface area contributed by atoms with E-state index in [1.807, 2.05) is 31.5 Å². The van der Waals surface area contributed by atoms with Crippen molar-refractivity contribution in [2.75, 3.05) is 11.9 Å². The lowest BCUT2D eigenvalue weighted by Gasteiger charge is -2.11. The summed E-state index contributed by atoms with van der Waals surface area (Å²) in [5, 5.41) is 3.42. The molecule has 2 aromatic rings. The van der Waals surface area contributed by atoms with Crippen LogP contribution in [0.25, 0.3) is 0 Å². The predicted octanol–water partition coefficient (Wildman–Crippen LogP) is 3.16. The van der Waals surface area contributed by atoms with Crippen molar-refractivity contribution in [3.05, 3.63) is 53.9 Å². The number of benzene rings is 1. The first-order valence-electron chi connectivity index (χ1n) is 5.91. The number of para-hydroxylation sites is 1. The molecular formula is C14H18N2O. The smallest absolute Gasteiger partial charge is 0.0736 e. The molecular weight excluding hydrogens is 212 g/mol. The maximum absolute atomic E-state index is 5.45. The van der Waals surface area contributed by atoms with Crippen molar-refractivity contribution in [1.29, 1.82) is 0 Å². The highest BCUT2D eigenvalue weighted by molar-refractivity contribution is 5.51. The quantitative estimate of drug-likeness (QED) is 0.799. The SMILES string of the molecule is CCOCc1ccccc1NCc1cc[nH]c1. The Morgan fingerprint density at radius 1 is 1.24 bits per heavy atom. The van der Waals surface area contributed by atoms with Crippen LogP contribution in [0.4, 0.5) is 5.69 Å². The van der Waals surface area contributed by atoms with Gasteiger partial charge in [0.05, 0.1) is 6.61 Å². The first-order valence-corrected chi connectivity index (χ1v) is 5.91. The molecule has 3 heteroatoms. The van der Waals surface area contributed by atoms with Gasteiger partial charge < -0.3 is 15.0 Å². The number of ether oxygens (including phenoxy) is 1. The van der Waals surface area contributed by atoms with Gasteiger partial charge >= 0.3 is 0 Å². The van der Waals surface area contributed by atoms with Gasteiger partial charge in [-0.05, 0) is 24.6 Å². The molecule has 0 aliphatic carbocycles. The van der Waals surface area contributed by atoms with Gasteiger partial charge in [0.2, 0.25) is 0 Å². The largest absolute Gasteiger partial charge is 0.381 e. The molecule has 17 heavy (non-hydrogen) atoms. The Labute approximate surface area is 102 Å². The molecule has 1 aromatic heterocycles. The van der Waals surface area contributed by atoms with E-state index in [4.69, 9.17) is 4.74 Å². The number of aromatic nitrogens is 1. The second-order valence-corrected chi connectivity index (χ2v) is 3.87. The van der Waals surface area contributed by atoms with E-state index >= 15 is 0 Å². The number of rotatable bonds is 6. The van der Waals surface area contributed by atoms with Crippen LogP contribution < -0.4 is 5.32 Å². The summed E-state index contributed by atoms with van der Waals surface area (Å²) in [5.74, 6) is 0. The fourth-order valence-corrected chi connectivity index (χ4v) is 1.70. The summed E-state index contributed by atoms with van der Waals surface area (Å²) in [6.45, 7) is 4.24. The molecule has 0 saturated heterocycles. The third-order valence-corrected chi connectivity index (χ3v) is 2.62. The van der Waals surface area contributed by atoms with Gasteiger partial charge in [-0.15, -0.1) is 0 Å². The maximum Gasteiger partial charge on any atom is 0.0736 e. The van der Waals surface area contributed by atoms with E-state index in [2.05, 4.69) is 28.5 Å². The summed E-state index contributed by atoms with van der Waals surface area (Å²) < 4.78 is 5.45. The summed E-state index contributed by atoms with van der Waals surface area (Å²) in [7, 11) is 0. The molecule has 0 spiro atoms. The summed E-state index contributed by atoms with van der Waals surface area (Å²) in [6.07, 6.45) is 3.93. The van der Waals surface area contributed by atoms with E-state index in [0.29, 0.717) is 6.61 Å². The number of hydrogen-bond acceptors (Lipinski definition) is 2. The van der Waals surface area contributed by atoms with E-state index < -0.39 is 0 Å². The minimum atomic E-state index is 0.660. The van der Waals surface area contributed by atoms with Crippen LogP contribution in [0.15, 0.2) is 42.7 Å². The number of hydrogen-bond donors (Lipinski definition) is 2. The second kappa shape index (κ2) is 6.11. The Morgan fingerprint density at radius 3 is 2.88 bits per heavy atom. The molecule has 0 saturated carbocycles. The fourth-order valence-electron chi connectivity index (χ4n) is 1.70. The van der Waals surface area contributed by atoms with Gasteiger partial charge in [-0.3, -0.25) is 0 Å². The standard InChI is InChI=1S/C14H18N2O/c1-2-17-11-13-5-3-4-6-14(13)16-10-12-7-8-15-9-12/h3-9,15-16H,2,10-11H2,1H3. The van der Waals surface area contributed by atoms with Crippen LogP contribution in [0.1, 0.15) is 18.1 Å². The molecule has 3 nitrogen and oxygen atoms in total. The van der Waals surface area contributed by atoms with Crippen LogP contribution >= 0.6 is 0 Å². The minimum absolute atomic E-state index is 0.660. The topological polar surface area (TPSA) is 37.0 Å². The average molecular weight is 230 g/mol. The molecule has 90 valence electrons. The summed E-state index contributed by atoms with van der Waals surface area (Å²) in [6, 6.07) is 10.3. The molecule has 0 amide bonds. The molecule has 1 aromatic carbocycles. The average Bonchev–Trinajstić information content (AvgIpc) is 2.88. The molecule has 0 fully saturated rings. The van der Waals surface area contributed by atoms with Crippen molar-refractivity contribution in [2.45, 2.75) is 20.1 Å². The Bertz CT molecular complexity index is 437. The van der Waals surface area contributed by atoms with Gasteiger partial charge in [-0.1, -0.05) is 18.2 Å². The highest BCUT2D eigenvalue weighted by atomic mass is 16.5. The predicted molar refractivity (Wildman–Crippen MR) is 69.9 cm³/mol. The lowest BCUT2D eigenvalue weighted by atomic mass is 10.2. The second-order valence-electron chi connectivity index (χ2n) is 3.87. The molecule has 0 radical (unpaired) electrons. The lowest BCUT2D eigenvalue weighted by molar-refractivity contribution is 0.134. The van der Waals surface area contributed by atoms with Crippen LogP contribution in [0.3, 0.4) is 0 Å². The van der Waals surface area contributed by atoms with Gasteiger partial charge in [0.15, 0.2) is 0 Å². The summed E-state index contributed by atoms with van der Waals surface area (Å²) in [5.41, 5.74) is 3.59. The van der Waals surface area contributed by atoms with E-state index in [-0.39, 0.29) is 0 Å². The zero-order chi connectivity index (χ0) is 11.9. The Kier molecular flexibility index (Phi) is 4.22. The Balaban J connectivity index is 1.99. The zero-order valence-corrected chi connectivity index (χ0v) is 10.1. The first kappa shape index (κ1) is 11.7. The number of nitrogens with one attached hydrogen (secondary N) is 2. The molecule has 0 atom stereocenters. The van der Waals surface area contributed by atoms with Crippen molar-refractivity contribution in [3.8, 4) is 0 Å². The Morgan fingerprint density at radius 2 is 2.12 bits per heavy atom. The van der Waals surface area contributed by atoms with Crippen molar-refractivity contribution < 1.29 is 4.74 Å². The van der Waals surface area contributed by atoms with E-state index in [9.17, 15) is 0 Å². The van der Waals surface area contributed by atoms with E-state index in [0.717, 1.165) is 18.8 Å². The van der Waals surface area contributed by atoms with Gasteiger partial charge in [-0.2, -0.15) is 0 Å². The number of anilines is 1. The first-order chi connectivity index (χ1) is 8.40. The van der Waals surface area contributed by atoms with Gasteiger partial charge in [0.25, 0.3) is 0 Å². The molecule has 1 heterocycles. The van der Waals surface area contributed by atoms with Crippen LogP contribution in [0, 0.1) is 0 Å². The highest BCUT2D eigenvalue weighted by Gasteiger charge is 2.01. The van der Waals surface area contributed by atoms with Crippen LogP contribution in [0.5, 0.6) is 0 Å². The van der Waals surface area contributed by atoms with E-state index in [1.165, 1.54) is 11.1 Å². The van der Waals surface area contributed by atoms with Gasteiger partial charge in [-0.25, -0.2) is 0 Å². The van der Waals surface area contributed by atoms with E-state index in [1.54, 1.807) is 0 Å². The van der Waals surface area contributed by atoms with Crippen LogP contribution in [-0.4, -0.2) is 11.6 Å². The fraction of sp³-hybridized carbons (Fsp3) is 0.286. The van der Waals surface area contributed by atoms with Crippen molar-refractivity contribution >= 4 is 5.69 Å². The number of H-pyrrole nitrogens is 1. The summed E-state index contributed by atoms with van der Waals surface area (Å²) in [4.78, 5) is 3.05. The lowest BCUT2D eigenvalue weighted by Crippen LogP contribution is -2.03. The van der Waals surface area contributed by atoms with Crippen molar-refractivity contribution in [1.82, 2.24) is 4.98 Å². The normalized spacial score (nSPS) is 10.4. The molecule has 2 rings (SSSR count). The minimum Gasteiger partial charge on any atom is -0.381 e. The highest BCUT2D eigenvalue weighted by Crippen LogP contribution is 2.17.